The SMILES string of the molecule is O=C(OC(c1ccccc1)c1ccccc1)[C@@H]1[C@@H]2C(=O)N(c3ccc(Cl)cc3Cl)C(=O)[C@H]2[C@H]2C=Cc3ccccc3N21. The first-order chi connectivity index (χ1) is 20.4. The zero-order valence-electron chi connectivity index (χ0n) is 22.1. The fourth-order valence-electron chi connectivity index (χ4n) is 6.45. The molecule has 3 heterocycles. The topological polar surface area (TPSA) is 66.9 Å². The first-order valence-electron chi connectivity index (χ1n) is 13.6. The molecule has 42 heavy (non-hydrogen) atoms. The largest absolute Gasteiger partial charge is 0.451 e. The van der Waals surface area contributed by atoms with Crippen molar-refractivity contribution in [2.24, 2.45) is 11.8 Å². The predicted molar refractivity (Wildman–Crippen MR) is 162 cm³/mol. The Morgan fingerprint density at radius 2 is 1.36 bits per heavy atom. The molecular formula is C34H24Cl2N2O4. The highest BCUT2D eigenvalue weighted by Gasteiger charge is 2.65. The van der Waals surface area contributed by atoms with Crippen LogP contribution in [0.4, 0.5) is 11.4 Å². The van der Waals surface area contributed by atoms with Crippen molar-refractivity contribution in [3.8, 4) is 0 Å². The van der Waals surface area contributed by atoms with Crippen LogP contribution in [0.5, 0.6) is 0 Å². The van der Waals surface area contributed by atoms with E-state index in [2.05, 4.69) is 0 Å². The molecule has 0 unspecified atom stereocenters. The minimum atomic E-state index is -1.05. The van der Waals surface area contributed by atoms with E-state index in [9.17, 15) is 14.4 Å². The molecule has 0 radical (unpaired) electrons. The normalized spacial score (nSPS) is 22.3. The van der Waals surface area contributed by atoms with Gasteiger partial charge in [0.2, 0.25) is 11.8 Å². The molecular weight excluding hydrogens is 571 g/mol. The fourth-order valence-corrected chi connectivity index (χ4v) is 6.95. The Balaban J connectivity index is 1.32. The zero-order chi connectivity index (χ0) is 29.0. The number of carbonyl (C=O) groups excluding carboxylic acids is 3. The third-order valence-corrected chi connectivity index (χ3v) is 8.78. The second-order valence-corrected chi connectivity index (χ2v) is 11.4. The molecule has 8 heteroatoms. The maximum atomic E-state index is 14.4. The van der Waals surface area contributed by atoms with E-state index in [1.54, 1.807) is 12.1 Å². The van der Waals surface area contributed by atoms with Gasteiger partial charge in [-0.3, -0.25) is 9.59 Å². The van der Waals surface area contributed by atoms with E-state index >= 15 is 0 Å². The van der Waals surface area contributed by atoms with Crippen LogP contribution in [-0.2, 0) is 19.1 Å². The number of hydrogen-bond donors (Lipinski definition) is 0. The maximum Gasteiger partial charge on any atom is 0.330 e. The summed E-state index contributed by atoms with van der Waals surface area (Å²) in [6.45, 7) is 0. The van der Waals surface area contributed by atoms with Crippen molar-refractivity contribution in [1.82, 2.24) is 0 Å². The Labute approximate surface area is 252 Å². The highest BCUT2D eigenvalue weighted by atomic mass is 35.5. The molecule has 0 N–H and O–H groups in total. The van der Waals surface area contributed by atoms with Gasteiger partial charge >= 0.3 is 5.97 Å². The zero-order valence-corrected chi connectivity index (χ0v) is 23.7. The number of esters is 1. The lowest BCUT2D eigenvalue weighted by Crippen LogP contribution is -2.49. The monoisotopic (exact) mass is 594 g/mol. The summed E-state index contributed by atoms with van der Waals surface area (Å²) in [5, 5.41) is 0.563. The molecule has 208 valence electrons. The van der Waals surface area contributed by atoms with E-state index in [1.165, 1.54) is 6.07 Å². The highest BCUT2D eigenvalue weighted by molar-refractivity contribution is 6.38. The second-order valence-electron chi connectivity index (χ2n) is 10.6. The number of ether oxygens (including phenoxy) is 1. The quantitative estimate of drug-likeness (QED) is 0.190. The van der Waals surface area contributed by atoms with E-state index in [1.807, 2.05) is 102 Å². The van der Waals surface area contributed by atoms with Crippen molar-refractivity contribution in [2.75, 3.05) is 9.80 Å². The van der Waals surface area contributed by atoms with Crippen LogP contribution in [0.15, 0.2) is 109 Å². The summed E-state index contributed by atoms with van der Waals surface area (Å²) in [5.41, 5.74) is 3.51. The molecule has 4 aromatic rings. The van der Waals surface area contributed by atoms with Crippen LogP contribution in [0.2, 0.25) is 10.0 Å². The Kier molecular flexibility index (Phi) is 6.60. The number of imide groups is 1. The molecule has 4 aromatic carbocycles. The number of para-hydroxylation sites is 1. The number of anilines is 2. The molecule has 6 nitrogen and oxygen atoms in total. The van der Waals surface area contributed by atoms with Crippen molar-refractivity contribution >= 4 is 58.4 Å². The van der Waals surface area contributed by atoms with Crippen LogP contribution in [-0.4, -0.2) is 29.9 Å². The summed E-state index contributed by atoms with van der Waals surface area (Å²) in [7, 11) is 0. The fraction of sp³-hybridized carbons (Fsp3) is 0.147. The summed E-state index contributed by atoms with van der Waals surface area (Å²) >= 11 is 12.6. The van der Waals surface area contributed by atoms with E-state index in [0.717, 1.165) is 27.3 Å². The van der Waals surface area contributed by atoms with Gasteiger partial charge in [-0.15, -0.1) is 0 Å². The molecule has 0 bridgehead atoms. The molecule has 2 saturated heterocycles. The van der Waals surface area contributed by atoms with Gasteiger partial charge in [-0.05, 0) is 41.0 Å². The Morgan fingerprint density at radius 1 is 0.738 bits per heavy atom. The first-order valence-corrected chi connectivity index (χ1v) is 14.4. The van der Waals surface area contributed by atoms with Gasteiger partial charge in [-0.1, -0.05) is 114 Å². The van der Waals surface area contributed by atoms with Gasteiger partial charge in [0.25, 0.3) is 0 Å². The Bertz CT molecular complexity index is 1700. The molecule has 3 aliphatic heterocycles. The lowest BCUT2D eigenvalue weighted by Gasteiger charge is -2.36. The number of rotatable bonds is 5. The average Bonchev–Trinajstić information content (AvgIpc) is 3.49. The van der Waals surface area contributed by atoms with Crippen LogP contribution in [0, 0.1) is 11.8 Å². The highest BCUT2D eigenvalue weighted by Crippen LogP contribution is 2.50. The third kappa shape index (κ3) is 4.21. The molecule has 0 aromatic heterocycles. The minimum Gasteiger partial charge on any atom is -0.451 e. The average molecular weight is 595 g/mol. The van der Waals surface area contributed by atoms with Gasteiger partial charge in [0.05, 0.1) is 28.6 Å². The van der Waals surface area contributed by atoms with Crippen LogP contribution in [0.25, 0.3) is 6.08 Å². The van der Waals surface area contributed by atoms with Gasteiger partial charge in [-0.25, -0.2) is 9.69 Å². The number of carbonyl (C=O) groups is 3. The summed E-state index contributed by atoms with van der Waals surface area (Å²) in [5.74, 6) is -3.28. The lowest BCUT2D eigenvalue weighted by molar-refractivity contribution is -0.151. The van der Waals surface area contributed by atoms with Crippen LogP contribution < -0.4 is 9.80 Å². The lowest BCUT2D eigenvalue weighted by atomic mass is 9.88. The van der Waals surface area contributed by atoms with E-state index in [4.69, 9.17) is 27.9 Å². The summed E-state index contributed by atoms with van der Waals surface area (Å²) < 4.78 is 6.31. The number of nitrogens with zero attached hydrogens (tertiary/aromatic N) is 2. The molecule has 4 atom stereocenters. The second kappa shape index (κ2) is 10.5. The molecule has 3 aliphatic rings. The summed E-state index contributed by atoms with van der Waals surface area (Å²) in [6.07, 6.45) is 3.13. The molecule has 0 saturated carbocycles. The molecule has 2 amide bonds. The smallest absolute Gasteiger partial charge is 0.330 e. The van der Waals surface area contributed by atoms with Crippen LogP contribution in [0.1, 0.15) is 22.8 Å². The maximum absolute atomic E-state index is 14.4. The summed E-state index contributed by atoms with van der Waals surface area (Å²) in [4.78, 5) is 45.6. The number of hydrogen-bond acceptors (Lipinski definition) is 5. The molecule has 2 fully saturated rings. The van der Waals surface area contributed by atoms with Crippen LogP contribution >= 0.6 is 23.2 Å². The van der Waals surface area contributed by atoms with E-state index < -0.39 is 47.8 Å². The van der Waals surface area contributed by atoms with Crippen molar-refractivity contribution in [2.45, 2.75) is 18.2 Å². The van der Waals surface area contributed by atoms with Crippen molar-refractivity contribution in [3.05, 3.63) is 136 Å². The molecule has 0 aliphatic carbocycles. The van der Waals surface area contributed by atoms with Gasteiger partial charge in [-0.2, -0.15) is 0 Å². The standard InChI is InChI=1S/C34H24Cl2N2O4/c35-23-16-18-26(24(36)19-23)38-32(39)28-27-17-15-20-9-7-8-14-25(20)37(27)30(29(28)33(38)40)34(41)42-31(21-10-3-1-4-11-21)22-12-5-2-6-13-22/h1-19,27-31H/t27-,28+,29-,30+/m1/s1. The van der Waals surface area contributed by atoms with Gasteiger partial charge in [0.1, 0.15) is 6.04 Å². The van der Waals surface area contributed by atoms with Gasteiger partial charge in [0.15, 0.2) is 6.10 Å². The third-order valence-electron chi connectivity index (χ3n) is 8.25. The van der Waals surface area contributed by atoms with Crippen molar-refractivity contribution in [3.63, 3.8) is 0 Å². The van der Waals surface area contributed by atoms with Gasteiger partial charge in [0, 0.05) is 10.7 Å². The minimum absolute atomic E-state index is 0.179. The number of amides is 2. The van der Waals surface area contributed by atoms with E-state index in [-0.39, 0.29) is 10.7 Å². The summed E-state index contributed by atoms with van der Waals surface area (Å²) in [6, 6.07) is 29.6. The van der Waals surface area contributed by atoms with Gasteiger partial charge < -0.3 is 9.64 Å². The molecule has 7 rings (SSSR count). The Morgan fingerprint density at radius 3 is 2.02 bits per heavy atom. The predicted octanol–water partition coefficient (Wildman–Crippen LogP) is 6.72. The van der Waals surface area contributed by atoms with E-state index in [0.29, 0.717) is 5.02 Å². The molecule has 0 spiro atoms. The Hall–Kier alpha value is -4.39. The number of fused-ring (bicyclic) bond motifs is 5. The van der Waals surface area contributed by atoms with Crippen molar-refractivity contribution in [1.29, 1.82) is 0 Å². The first kappa shape index (κ1) is 26.5. The van der Waals surface area contributed by atoms with Crippen LogP contribution in [0.3, 0.4) is 0 Å². The van der Waals surface area contributed by atoms with Crippen molar-refractivity contribution < 1.29 is 19.1 Å². The number of benzene rings is 4. The number of halogens is 2.